The van der Waals surface area contributed by atoms with E-state index >= 15 is 0 Å². The molecule has 1 aliphatic carbocycles. The lowest BCUT2D eigenvalue weighted by Crippen LogP contribution is -2.46. The van der Waals surface area contributed by atoms with Crippen LogP contribution in [0.15, 0.2) is 48.5 Å². The van der Waals surface area contributed by atoms with Gasteiger partial charge in [0.05, 0.1) is 19.4 Å². The van der Waals surface area contributed by atoms with E-state index in [1.807, 2.05) is 13.0 Å². The van der Waals surface area contributed by atoms with Crippen molar-refractivity contribution in [1.29, 1.82) is 0 Å². The van der Waals surface area contributed by atoms with Crippen molar-refractivity contribution in [2.45, 2.75) is 44.7 Å². The average Bonchev–Trinajstić information content (AvgIpc) is 3.52. The summed E-state index contributed by atoms with van der Waals surface area (Å²) in [5, 5.41) is 3.20. The van der Waals surface area contributed by atoms with E-state index in [0.29, 0.717) is 29.4 Å². The van der Waals surface area contributed by atoms with Crippen molar-refractivity contribution in [3.05, 3.63) is 69.1 Å². The number of anilines is 1. The van der Waals surface area contributed by atoms with Gasteiger partial charge >= 0.3 is 0 Å². The van der Waals surface area contributed by atoms with Crippen molar-refractivity contribution in [2.24, 2.45) is 0 Å². The minimum absolute atomic E-state index is 0.0230. The third kappa shape index (κ3) is 5.61. The molecule has 1 N–H and O–H groups in total. The van der Waals surface area contributed by atoms with Gasteiger partial charge in [0.25, 0.3) is 5.91 Å². The Morgan fingerprint density at radius 2 is 1.83 bits per heavy atom. The largest absolute Gasteiger partial charge is 0.497 e. The second kappa shape index (κ2) is 12.0. The maximum Gasteiger partial charge on any atom is 0.280 e. The number of ether oxygens (including phenoxy) is 2. The van der Waals surface area contributed by atoms with Gasteiger partial charge in [-0.25, -0.2) is 0 Å². The van der Waals surface area contributed by atoms with Crippen LogP contribution in [0.4, 0.5) is 5.69 Å². The Hall–Kier alpha value is -2.81. The van der Waals surface area contributed by atoms with Gasteiger partial charge in [0.15, 0.2) is 5.69 Å². The number of nitrogens with one attached hydrogen (secondary N) is 1. The lowest BCUT2D eigenvalue weighted by molar-refractivity contribution is -0.123. The first-order valence-corrected chi connectivity index (χ1v) is 13.3. The zero-order chi connectivity index (χ0) is 25.7. The Morgan fingerprint density at radius 3 is 2.44 bits per heavy atom. The van der Waals surface area contributed by atoms with Gasteiger partial charge in [-0.3, -0.25) is 14.5 Å². The van der Waals surface area contributed by atoms with Gasteiger partial charge in [0, 0.05) is 6.04 Å². The number of hydrogen-bond donors (Lipinski definition) is 1. The monoisotopic (exact) mass is 547 g/mol. The van der Waals surface area contributed by atoms with Gasteiger partial charge in [0.1, 0.15) is 26.9 Å². The third-order valence-electron chi connectivity index (χ3n) is 6.08. The summed E-state index contributed by atoms with van der Waals surface area (Å²) in [5.74, 6) is 0.232. The normalized spacial score (nSPS) is 14.3. The van der Waals surface area contributed by atoms with Crippen LogP contribution in [0.3, 0.4) is 0 Å². The first kappa shape index (κ1) is 26.3. The summed E-state index contributed by atoms with van der Waals surface area (Å²) in [4.78, 5) is 29.4. The third-order valence-corrected chi connectivity index (χ3v) is 7.69. The van der Waals surface area contributed by atoms with E-state index in [0.717, 1.165) is 37.2 Å². The maximum absolute atomic E-state index is 14.1. The standard InChI is InChI=1S/C26H27Cl2N3O4S/c1-3-35-20-11-7-6-10-19(20)31(26(33)22-21(27)24(28)36-30-22)23(16-12-14-18(34-2)15-13-16)25(32)29-17-8-4-5-9-17/h6-7,10-15,17,23H,3-5,8-9H2,1-2H3,(H,29,32)/t23-/m0/s1. The number of benzene rings is 2. The van der Waals surface area contributed by atoms with Gasteiger partial charge in [-0.2, -0.15) is 4.37 Å². The van der Waals surface area contributed by atoms with Crippen LogP contribution >= 0.6 is 34.7 Å². The highest BCUT2D eigenvalue weighted by Crippen LogP contribution is 2.39. The first-order valence-electron chi connectivity index (χ1n) is 11.7. The van der Waals surface area contributed by atoms with Crippen LogP contribution < -0.4 is 19.7 Å². The van der Waals surface area contributed by atoms with E-state index in [1.165, 1.54) is 4.90 Å². The van der Waals surface area contributed by atoms with Crippen LogP contribution in [-0.4, -0.2) is 35.9 Å². The van der Waals surface area contributed by atoms with Gasteiger partial charge in [0.2, 0.25) is 5.91 Å². The van der Waals surface area contributed by atoms with E-state index in [1.54, 1.807) is 49.6 Å². The molecule has 10 heteroatoms. The van der Waals surface area contributed by atoms with Crippen molar-refractivity contribution in [1.82, 2.24) is 9.69 Å². The number of carbonyl (C=O) groups excluding carboxylic acids is 2. The quantitative estimate of drug-likeness (QED) is 0.339. The molecule has 1 fully saturated rings. The smallest absolute Gasteiger partial charge is 0.280 e. The minimum atomic E-state index is -1.03. The molecule has 0 radical (unpaired) electrons. The Bertz CT molecular complexity index is 1210. The molecule has 2 amide bonds. The number of halogens is 2. The fourth-order valence-corrected chi connectivity index (χ4v) is 5.35. The zero-order valence-corrected chi connectivity index (χ0v) is 22.3. The summed E-state index contributed by atoms with van der Waals surface area (Å²) in [6.45, 7) is 2.23. The Kier molecular flexibility index (Phi) is 8.72. The summed E-state index contributed by atoms with van der Waals surface area (Å²) in [5.41, 5.74) is 1.00. The molecule has 190 valence electrons. The SMILES string of the molecule is CCOc1ccccc1N(C(=O)c1nsc(Cl)c1Cl)[C@H](C(=O)NC1CCCC1)c1ccc(OC)cc1. The molecule has 1 saturated carbocycles. The lowest BCUT2D eigenvalue weighted by atomic mass is 10.0. The molecule has 0 unspecified atom stereocenters. The highest BCUT2D eigenvalue weighted by molar-refractivity contribution is 7.11. The molecule has 36 heavy (non-hydrogen) atoms. The van der Waals surface area contributed by atoms with Crippen LogP contribution in [0.2, 0.25) is 9.36 Å². The van der Waals surface area contributed by atoms with Crippen LogP contribution in [0.25, 0.3) is 0 Å². The number of amides is 2. The fourth-order valence-electron chi connectivity index (χ4n) is 4.36. The van der Waals surface area contributed by atoms with Crippen LogP contribution in [0.5, 0.6) is 11.5 Å². The molecule has 1 atom stereocenters. The summed E-state index contributed by atoms with van der Waals surface area (Å²) in [6.07, 6.45) is 3.91. The molecule has 7 nitrogen and oxygen atoms in total. The Morgan fingerprint density at radius 1 is 1.14 bits per heavy atom. The molecular formula is C26H27Cl2N3O4S. The van der Waals surface area contributed by atoms with Gasteiger partial charge in [-0.1, -0.05) is 60.3 Å². The second-order valence-electron chi connectivity index (χ2n) is 8.36. The van der Waals surface area contributed by atoms with Crippen LogP contribution in [0.1, 0.15) is 54.7 Å². The number of nitrogens with zero attached hydrogens (tertiary/aromatic N) is 2. The second-order valence-corrected chi connectivity index (χ2v) is 10.1. The zero-order valence-electron chi connectivity index (χ0n) is 20.0. The number of carbonyl (C=O) groups is 2. The number of rotatable bonds is 9. The van der Waals surface area contributed by atoms with Crippen molar-refractivity contribution in [2.75, 3.05) is 18.6 Å². The Labute approximate surface area is 224 Å². The summed E-state index contributed by atoms with van der Waals surface area (Å²) in [7, 11) is 1.57. The predicted molar refractivity (Wildman–Crippen MR) is 143 cm³/mol. The molecule has 1 aromatic heterocycles. The molecule has 0 saturated heterocycles. The molecule has 2 aromatic carbocycles. The first-order chi connectivity index (χ1) is 17.4. The average molecular weight is 548 g/mol. The molecule has 3 aromatic rings. The van der Waals surface area contributed by atoms with Crippen molar-refractivity contribution >= 4 is 52.2 Å². The molecular weight excluding hydrogens is 521 g/mol. The van der Waals surface area contributed by atoms with E-state index in [2.05, 4.69) is 9.69 Å². The van der Waals surface area contributed by atoms with Gasteiger partial charge in [-0.15, -0.1) is 0 Å². The van der Waals surface area contributed by atoms with Crippen molar-refractivity contribution in [3.63, 3.8) is 0 Å². The molecule has 0 aliphatic heterocycles. The highest BCUT2D eigenvalue weighted by Gasteiger charge is 2.38. The predicted octanol–water partition coefficient (Wildman–Crippen LogP) is 6.30. The van der Waals surface area contributed by atoms with Gasteiger partial charge < -0.3 is 14.8 Å². The summed E-state index contributed by atoms with van der Waals surface area (Å²) in [6, 6.07) is 13.2. The lowest BCUT2D eigenvalue weighted by Gasteiger charge is -2.33. The van der Waals surface area contributed by atoms with E-state index in [-0.39, 0.29) is 27.0 Å². The Balaban J connectivity index is 1.88. The fraction of sp³-hybridized carbons (Fsp3) is 0.346. The van der Waals surface area contributed by atoms with E-state index < -0.39 is 11.9 Å². The summed E-state index contributed by atoms with van der Waals surface area (Å²) >= 11 is 13.4. The van der Waals surface area contributed by atoms with E-state index in [9.17, 15) is 9.59 Å². The number of para-hydroxylation sites is 2. The van der Waals surface area contributed by atoms with Crippen molar-refractivity contribution < 1.29 is 19.1 Å². The topological polar surface area (TPSA) is 80.8 Å². The van der Waals surface area contributed by atoms with Crippen LogP contribution in [0, 0.1) is 0 Å². The number of methoxy groups -OCH3 is 1. The molecule has 0 spiro atoms. The maximum atomic E-state index is 14.1. The van der Waals surface area contributed by atoms with Crippen molar-refractivity contribution in [3.8, 4) is 11.5 Å². The number of aromatic nitrogens is 1. The summed E-state index contributed by atoms with van der Waals surface area (Å²) < 4.78 is 15.6. The number of hydrogen-bond acceptors (Lipinski definition) is 6. The molecule has 1 heterocycles. The molecule has 4 rings (SSSR count). The van der Waals surface area contributed by atoms with E-state index in [4.69, 9.17) is 32.7 Å². The molecule has 1 aliphatic rings. The van der Waals surface area contributed by atoms with Crippen LogP contribution in [-0.2, 0) is 4.79 Å². The van der Waals surface area contributed by atoms with Gasteiger partial charge in [-0.05, 0) is 61.1 Å². The minimum Gasteiger partial charge on any atom is -0.497 e. The molecule has 0 bridgehead atoms. The highest BCUT2D eigenvalue weighted by atomic mass is 35.5.